The molecule has 3 aliphatic rings. The predicted octanol–water partition coefficient (Wildman–Crippen LogP) is 2.34. The smallest absolute Gasteiger partial charge is 0.407 e. The third-order valence-corrected chi connectivity index (χ3v) is 3.57. The Morgan fingerprint density at radius 3 is 2.93 bits per heavy atom. The summed E-state index contributed by atoms with van der Waals surface area (Å²) < 4.78 is 0. The molecule has 2 aliphatic heterocycles. The van der Waals surface area contributed by atoms with E-state index in [-0.39, 0.29) is 11.5 Å². The number of nitrogens with zero attached hydrogens (tertiary/aromatic N) is 1. The molecule has 3 rings (SSSR count). The first kappa shape index (κ1) is 9.56. The Bertz CT molecular complexity index is 287. The normalized spacial score (nSPS) is 40.3. The minimum absolute atomic E-state index is 0.0772. The van der Waals surface area contributed by atoms with Gasteiger partial charge in [-0.3, -0.25) is 0 Å². The van der Waals surface area contributed by atoms with Crippen LogP contribution in [0.3, 0.4) is 0 Å². The third-order valence-electron chi connectivity index (χ3n) is 3.57. The molecule has 0 aromatic heterocycles. The van der Waals surface area contributed by atoms with Gasteiger partial charge in [0.15, 0.2) is 0 Å². The van der Waals surface area contributed by atoms with Crippen molar-refractivity contribution >= 4 is 6.09 Å². The van der Waals surface area contributed by atoms with Crippen LogP contribution in [0.2, 0.25) is 0 Å². The standard InChI is InChI=1S/C11H17NO2/c1-3-8-6-11(2)5-4-9(8)12(7-11)10(13)14/h4-5,8-9H,3,6-7H2,1-2H3,(H,13,14). The highest BCUT2D eigenvalue weighted by Crippen LogP contribution is 2.43. The number of carbonyl (C=O) groups is 1. The first-order valence-corrected chi connectivity index (χ1v) is 5.25. The summed E-state index contributed by atoms with van der Waals surface area (Å²) in [5.41, 5.74) is 0.0772. The fourth-order valence-electron chi connectivity index (χ4n) is 2.83. The highest BCUT2D eigenvalue weighted by molar-refractivity contribution is 5.66. The monoisotopic (exact) mass is 195 g/mol. The molecule has 78 valence electrons. The molecule has 0 spiro atoms. The number of amides is 1. The van der Waals surface area contributed by atoms with Gasteiger partial charge in [0.1, 0.15) is 0 Å². The third kappa shape index (κ3) is 1.31. The molecule has 1 saturated heterocycles. The molecule has 1 aliphatic carbocycles. The predicted molar refractivity (Wildman–Crippen MR) is 54.2 cm³/mol. The molecule has 0 aromatic rings. The molecule has 3 heteroatoms. The van der Waals surface area contributed by atoms with Gasteiger partial charge in [-0.05, 0) is 12.3 Å². The minimum atomic E-state index is -0.774. The van der Waals surface area contributed by atoms with Crippen molar-refractivity contribution in [1.82, 2.24) is 4.90 Å². The maximum atomic E-state index is 11.0. The van der Waals surface area contributed by atoms with Gasteiger partial charge in [-0.1, -0.05) is 32.4 Å². The largest absolute Gasteiger partial charge is 0.465 e. The maximum Gasteiger partial charge on any atom is 0.407 e. The van der Waals surface area contributed by atoms with Gasteiger partial charge in [0.05, 0.1) is 6.04 Å². The van der Waals surface area contributed by atoms with Gasteiger partial charge in [-0.15, -0.1) is 0 Å². The van der Waals surface area contributed by atoms with Gasteiger partial charge in [-0.2, -0.15) is 0 Å². The van der Waals surface area contributed by atoms with E-state index in [0.717, 1.165) is 12.8 Å². The van der Waals surface area contributed by atoms with Gasteiger partial charge in [0, 0.05) is 12.0 Å². The molecule has 2 bridgehead atoms. The molecule has 3 nitrogen and oxygen atoms in total. The van der Waals surface area contributed by atoms with Gasteiger partial charge in [0.2, 0.25) is 0 Å². The highest BCUT2D eigenvalue weighted by atomic mass is 16.4. The van der Waals surface area contributed by atoms with E-state index in [1.807, 2.05) is 0 Å². The van der Waals surface area contributed by atoms with Crippen LogP contribution < -0.4 is 0 Å². The Balaban J connectivity index is 2.28. The van der Waals surface area contributed by atoms with Crippen LogP contribution >= 0.6 is 0 Å². The zero-order valence-electron chi connectivity index (χ0n) is 8.73. The number of fused-ring (bicyclic) bond motifs is 2. The van der Waals surface area contributed by atoms with Gasteiger partial charge < -0.3 is 10.0 Å². The van der Waals surface area contributed by atoms with E-state index in [1.54, 1.807) is 4.90 Å². The molecule has 1 amide bonds. The first-order valence-electron chi connectivity index (χ1n) is 5.25. The Kier molecular flexibility index (Phi) is 2.05. The van der Waals surface area contributed by atoms with Crippen molar-refractivity contribution in [2.75, 3.05) is 6.54 Å². The van der Waals surface area contributed by atoms with E-state index in [1.165, 1.54) is 0 Å². The number of rotatable bonds is 1. The summed E-state index contributed by atoms with van der Waals surface area (Å²) in [4.78, 5) is 12.6. The summed E-state index contributed by atoms with van der Waals surface area (Å²) in [6.45, 7) is 4.96. The number of carboxylic acid groups (broad SMARTS) is 1. The Labute approximate surface area is 84.4 Å². The van der Waals surface area contributed by atoms with Crippen molar-refractivity contribution in [2.45, 2.75) is 32.7 Å². The molecule has 2 heterocycles. The average Bonchev–Trinajstić information content (AvgIpc) is 2.16. The van der Waals surface area contributed by atoms with Crippen LogP contribution in [0.1, 0.15) is 26.7 Å². The van der Waals surface area contributed by atoms with E-state index in [9.17, 15) is 4.79 Å². The second-order valence-electron chi connectivity index (χ2n) is 4.79. The highest BCUT2D eigenvalue weighted by Gasteiger charge is 2.44. The number of piperidine rings is 1. The van der Waals surface area contributed by atoms with Crippen molar-refractivity contribution in [2.24, 2.45) is 11.3 Å². The quantitative estimate of drug-likeness (QED) is 0.652. The lowest BCUT2D eigenvalue weighted by Gasteiger charge is -2.50. The van der Waals surface area contributed by atoms with Gasteiger partial charge >= 0.3 is 6.09 Å². The molecule has 0 aromatic carbocycles. The molecule has 14 heavy (non-hydrogen) atoms. The minimum Gasteiger partial charge on any atom is -0.465 e. The second kappa shape index (κ2) is 3.01. The summed E-state index contributed by atoms with van der Waals surface area (Å²) in [5, 5.41) is 9.08. The van der Waals surface area contributed by atoms with Crippen LogP contribution in [-0.4, -0.2) is 28.7 Å². The van der Waals surface area contributed by atoms with E-state index in [0.29, 0.717) is 12.5 Å². The zero-order chi connectivity index (χ0) is 10.3. The number of hydrogen-bond acceptors (Lipinski definition) is 1. The molecule has 1 fully saturated rings. The van der Waals surface area contributed by atoms with Crippen LogP contribution in [0.4, 0.5) is 4.79 Å². The lowest BCUT2D eigenvalue weighted by molar-refractivity contribution is 0.0376. The van der Waals surface area contributed by atoms with Crippen LogP contribution in [-0.2, 0) is 0 Å². The lowest BCUT2D eigenvalue weighted by Crippen LogP contribution is -2.56. The SMILES string of the molecule is CCC1CC2(C)C=CC1N(C(=O)O)C2. The van der Waals surface area contributed by atoms with Crippen LogP contribution in [0.25, 0.3) is 0 Å². The summed E-state index contributed by atoms with van der Waals surface area (Å²) in [6, 6.07) is 0.124. The molecule has 1 N–H and O–H groups in total. The van der Waals surface area contributed by atoms with E-state index in [2.05, 4.69) is 26.0 Å². The molecule has 0 radical (unpaired) electrons. The molecule has 3 atom stereocenters. The Morgan fingerprint density at radius 2 is 2.43 bits per heavy atom. The summed E-state index contributed by atoms with van der Waals surface area (Å²) in [7, 11) is 0. The fourth-order valence-corrected chi connectivity index (χ4v) is 2.83. The average molecular weight is 195 g/mol. The van der Waals surface area contributed by atoms with E-state index in [4.69, 9.17) is 5.11 Å². The molecular formula is C11H17NO2. The molecule has 3 unspecified atom stereocenters. The maximum absolute atomic E-state index is 11.0. The summed E-state index contributed by atoms with van der Waals surface area (Å²) in [5.74, 6) is 0.509. The first-order chi connectivity index (χ1) is 6.56. The zero-order valence-corrected chi connectivity index (χ0v) is 8.73. The van der Waals surface area contributed by atoms with Crippen molar-refractivity contribution in [3.05, 3.63) is 12.2 Å². The lowest BCUT2D eigenvalue weighted by atomic mass is 9.68. The fraction of sp³-hybridized carbons (Fsp3) is 0.727. The van der Waals surface area contributed by atoms with E-state index >= 15 is 0 Å². The van der Waals surface area contributed by atoms with Crippen molar-refractivity contribution in [3.8, 4) is 0 Å². The summed E-state index contributed by atoms with van der Waals surface area (Å²) >= 11 is 0. The van der Waals surface area contributed by atoms with Gasteiger partial charge in [0.25, 0.3) is 0 Å². The number of hydrogen-bond donors (Lipinski definition) is 1. The Hall–Kier alpha value is -0.990. The molecule has 0 saturated carbocycles. The van der Waals surface area contributed by atoms with Crippen LogP contribution in [0, 0.1) is 11.3 Å². The van der Waals surface area contributed by atoms with Crippen molar-refractivity contribution in [1.29, 1.82) is 0 Å². The van der Waals surface area contributed by atoms with Gasteiger partial charge in [-0.25, -0.2) is 4.79 Å². The van der Waals surface area contributed by atoms with Crippen molar-refractivity contribution in [3.63, 3.8) is 0 Å². The van der Waals surface area contributed by atoms with Crippen LogP contribution in [0.5, 0.6) is 0 Å². The molecular weight excluding hydrogens is 178 g/mol. The Morgan fingerprint density at radius 1 is 1.71 bits per heavy atom. The van der Waals surface area contributed by atoms with Crippen molar-refractivity contribution < 1.29 is 9.90 Å². The van der Waals surface area contributed by atoms with E-state index < -0.39 is 6.09 Å². The second-order valence-corrected chi connectivity index (χ2v) is 4.79. The van der Waals surface area contributed by atoms with Crippen LogP contribution in [0.15, 0.2) is 12.2 Å². The summed E-state index contributed by atoms with van der Waals surface area (Å²) in [6.07, 6.45) is 5.70. The topological polar surface area (TPSA) is 40.5 Å².